The van der Waals surface area contributed by atoms with Crippen LogP contribution in [0, 0.1) is 0 Å². The first-order valence-corrected chi connectivity index (χ1v) is 8.01. The Morgan fingerprint density at radius 3 is 2.85 bits per heavy atom. The molecular weight excluding hydrogens is 336 g/mol. The minimum absolute atomic E-state index is 0.0168. The molecule has 0 saturated carbocycles. The topological polar surface area (TPSA) is 101 Å². The van der Waals surface area contributed by atoms with Gasteiger partial charge < -0.3 is 15.4 Å². The van der Waals surface area contributed by atoms with Gasteiger partial charge in [0.1, 0.15) is 0 Å². The van der Waals surface area contributed by atoms with Crippen LogP contribution < -0.4 is 15.4 Å². The third-order valence-corrected chi connectivity index (χ3v) is 3.99. The molecule has 3 rings (SSSR count). The molecule has 2 aromatic rings. The first kappa shape index (κ1) is 17.4. The van der Waals surface area contributed by atoms with E-state index in [2.05, 4.69) is 15.6 Å². The van der Waals surface area contributed by atoms with Crippen LogP contribution in [0.1, 0.15) is 21.5 Å². The highest BCUT2D eigenvalue weighted by molar-refractivity contribution is 6.02. The molecule has 0 bridgehead atoms. The van der Waals surface area contributed by atoms with E-state index in [-0.39, 0.29) is 24.9 Å². The van der Waals surface area contributed by atoms with Crippen LogP contribution in [0.15, 0.2) is 42.6 Å². The summed E-state index contributed by atoms with van der Waals surface area (Å²) >= 11 is 0. The van der Waals surface area contributed by atoms with E-state index >= 15 is 0 Å². The van der Waals surface area contributed by atoms with Gasteiger partial charge in [0.2, 0.25) is 11.8 Å². The Hall–Kier alpha value is -3.42. The fourth-order valence-electron chi connectivity index (χ4n) is 2.61. The first-order valence-electron chi connectivity index (χ1n) is 8.01. The molecule has 8 nitrogen and oxygen atoms in total. The van der Waals surface area contributed by atoms with Crippen LogP contribution in [0.3, 0.4) is 0 Å². The van der Waals surface area contributed by atoms with Gasteiger partial charge >= 0.3 is 6.03 Å². The van der Waals surface area contributed by atoms with E-state index in [4.69, 9.17) is 4.74 Å². The summed E-state index contributed by atoms with van der Waals surface area (Å²) in [5.41, 5.74) is 1.86. The van der Waals surface area contributed by atoms with Crippen LogP contribution in [-0.4, -0.2) is 41.4 Å². The highest BCUT2D eigenvalue weighted by atomic mass is 16.5. The summed E-state index contributed by atoms with van der Waals surface area (Å²) in [5.74, 6) is -0.131. The lowest BCUT2D eigenvalue weighted by atomic mass is 10.1. The van der Waals surface area contributed by atoms with Crippen molar-refractivity contribution in [1.29, 1.82) is 0 Å². The summed E-state index contributed by atoms with van der Waals surface area (Å²) in [6, 6.07) is 9.95. The van der Waals surface area contributed by atoms with Crippen molar-refractivity contribution >= 4 is 17.8 Å². The summed E-state index contributed by atoms with van der Waals surface area (Å²) in [4.78, 5) is 41.2. The van der Waals surface area contributed by atoms with E-state index in [1.165, 1.54) is 7.11 Å². The van der Waals surface area contributed by atoms with Gasteiger partial charge in [0, 0.05) is 24.4 Å². The molecule has 2 heterocycles. The number of pyridine rings is 1. The molecule has 0 unspecified atom stereocenters. The SMILES string of the molecule is COc1cc(CNC(=O)c2ccccc2CN2C(=O)CNC2=O)ccn1. The van der Waals surface area contributed by atoms with Crippen LogP contribution in [0.4, 0.5) is 4.79 Å². The maximum absolute atomic E-state index is 12.6. The number of amides is 4. The number of imide groups is 1. The van der Waals surface area contributed by atoms with Gasteiger partial charge in [-0.25, -0.2) is 9.78 Å². The highest BCUT2D eigenvalue weighted by Gasteiger charge is 2.29. The molecule has 0 radical (unpaired) electrons. The Kier molecular flexibility index (Phi) is 5.12. The summed E-state index contributed by atoms with van der Waals surface area (Å²) in [6.07, 6.45) is 1.60. The minimum atomic E-state index is -0.450. The van der Waals surface area contributed by atoms with E-state index in [1.807, 2.05) is 0 Å². The molecular formula is C18H18N4O4. The molecule has 1 aromatic heterocycles. The van der Waals surface area contributed by atoms with Crippen molar-refractivity contribution in [1.82, 2.24) is 20.5 Å². The van der Waals surface area contributed by atoms with Crippen LogP contribution in [-0.2, 0) is 17.9 Å². The van der Waals surface area contributed by atoms with Gasteiger partial charge in [-0.2, -0.15) is 0 Å². The van der Waals surface area contributed by atoms with Gasteiger partial charge in [-0.3, -0.25) is 14.5 Å². The third-order valence-electron chi connectivity index (χ3n) is 3.99. The normalized spacial score (nSPS) is 13.5. The second-order valence-corrected chi connectivity index (χ2v) is 5.68. The van der Waals surface area contributed by atoms with Gasteiger partial charge in [0.05, 0.1) is 20.2 Å². The van der Waals surface area contributed by atoms with Crippen molar-refractivity contribution < 1.29 is 19.1 Å². The zero-order valence-corrected chi connectivity index (χ0v) is 14.2. The minimum Gasteiger partial charge on any atom is -0.481 e. The molecule has 1 saturated heterocycles. The van der Waals surface area contributed by atoms with Crippen molar-refractivity contribution in [2.75, 3.05) is 13.7 Å². The van der Waals surface area contributed by atoms with Crippen molar-refractivity contribution in [2.24, 2.45) is 0 Å². The van der Waals surface area contributed by atoms with Crippen LogP contribution in [0.25, 0.3) is 0 Å². The fraction of sp³-hybridized carbons (Fsp3) is 0.222. The number of nitrogens with one attached hydrogen (secondary N) is 2. The monoisotopic (exact) mass is 354 g/mol. The van der Waals surface area contributed by atoms with Crippen molar-refractivity contribution in [2.45, 2.75) is 13.1 Å². The number of rotatable bonds is 6. The Morgan fingerprint density at radius 2 is 2.12 bits per heavy atom. The number of ether oxygens (including phenoxy) is 1. The summed E-state index contributed by atoms with van der Waals surface area (Å²) in [7, 11) is 1.52. The average molecular weight is 354 g/mol. The number of hydrogen-bond donors (Lipinski definition) is 2. The number of hydrogen-bond acceptors (Lipinski definition) is 5. The molecule has 8 heteroatoms. The van der Waals surface area contributed by atoms with Gasteiger partial charge in [-0.05, 0) is 23.3 Å². The number of aromatic nitrogens is 1. The number of nitrogens with zero attached hydrogens (tertiary/aromatic N) is 2. The molecule has 1 fully saturated rings. The average Bonchev–Trinajstić information content (AvgIpc) is 2.98. The zero-order valence-electron chi connectivity index (χ0n) is 14.2. The lowest BCUT2D eigenvalue weighted by molar-refractivity contribution is -0.125. The van der Waals surface area contributed by atoms with Gasteiger partial charge in [-0.1, -0.05) is 18.2 Å². The molecule has 2 N–H and O–H groups in total. The largest absolute Gasteiger partial charge is 0.481 e. The second-order valence-electron chi connectivity index (χ2n) is 5.68. The second kappa shape index (κ2) is 7.64. The first-order chi connectivity index (χ1) is 12.6. The molecule has 1 aliphatic heterocycles. The lowest BCUT2D eigenvalue weighted by Crippen LogP contribution is -2.32. The van der Waals surface area contributed by atoms with Crippen LogP contribution >= 0.6 is 0 Å². The predicted octanol–water partition coefficient (Wildman–Crippen LogP) is 1.07. The fourth-order valence-corrected chi connectivity index (χ4v) is 2.61. The molecule has 0 spiro atoms. The molecule has 134 valence electrons. The maximum Gasteiger partial charge on any atom is 0.324 e. The van der Waals surface area contributed by atoms with E-state index in [9.17, 15) is 14.4 Å². The molecule has 1 aromatic carbocycles. The van der Waals surface area contributed by atoms with Gasteiger partial charge in [0.15, 0.2) is 0 Å². The lowest BCUT2D eigenvalue weighted by Gasteiger charge is -2.15. The Balaban J connectivity index is 1.71. The highest BCUT2D eigenvalue weighted by Crippen LogP contribution is 2.15. The van der Waals surface area contributed by atoms with Crippen molar-refractivity contribution in [3.8, 4) is 5.88 Å². The molecule has 1 aliphatic rings. The Labute approximate surface area is 150 Å². The number of carbonyl (C=O) groups excluding carboxylic acids is 3. The maximum atomic E-state index is 12.6. The zero-order chi connectivity index (χ0) is 18.5. The number of carbonyl (C=O) groups is 3. The summed E-state index contributed by atoms with van der Waals surface area (Å²) < 4.78 is 5.06. The van der Waals surface area contributed by atoms with Crippen molar-refractivity contribution in [3.05, 3.63) is 59.3 Å². The van der Waals surface area contributed by atoms with E-state index in [0.717, 1.165) is 10.5 Å². The smallest absolute Gasteiger partial charge is 0.324 e. The third kappa shape index (κ3) is 3.80. The molecule has 26 heavy (non-hydrogen) atoms. The van der Waals surface area contributed by atoms with Crippen molar-refractivity contribution in [3.63, 3.8) is 0 Å². The standard InChI is InChI=1S/C18H18N4O4/c1-26-15-8-12(6-7-19-15)9-20-17(24)14-5-3-2-4-13(14)11-22-16(23)10-21-18(22)25/h2-8H,9-11H2,1H3,(H,20,24)(H,21,25). The quantitative estimate of drug-likeness (QED) is 0.756. The molecule has 0 atom stereocenters. The van der Waals surface area contributed by atoms with E-state index < -0.39 is 6.03 Å². The van der Waals surface area contributed by atoms with Gasteiger partial charge in [-0.15, -0.1) is 0 Å². The number of methoxy groups -OCH3 is 1. The molecule has 0 aliphatic carbocycles. The Morgan fingerprint density at radius 1 is 1.31 bits per heavy atom. The summed E-state index contributed by atoms with van der Waals surface area (Å²) in [6.45, 7) is 0.337. The van der Waals surface area contributed by atoms with E-state index in [1.54, 1.807) is 42.6 Å². The van der Waals surface area contributed by atoms with Gasteiger partial charge in [0.25, 0.3) is 5.91 Å². The number of benzene rings is 1. The molecule has 4 amide bonds. The van der Waals surface area contributed by atoms with Crippen LogP contribution in [0.5, 0.6) is 5.88 Å². The van der Waals surface area contributed by atoms with Crippen LogP contribution in [0.2, 0.25) is 0 Å². The number of urea groups is 1. The van der Waals surface area contributed by atoms with E-state index in [0.29, 0.717) is 23.6 Å². The predicted molar refractivity (Wildman–Crippen MR) is 92.3 cm³/mol. The Bertz CT molecular complexity index is 837. The summed E-state index contributed by atoms with van der Waals surface area (Å²) in [5, 5.41) is 5.29.